The largest absolute Gasteiger partial charge is 0.490 e. The lowest BCUT2D eigenvalue weighted by Gasteiger charge is -2.18. The van der Waals surface area contributed by atoms with Gasteiger partial charge < -0.3 is 15.4 Å². The van der Waals surface area contributed by atoms with Gasteiger partial charge in [-0.15, -0.1) is 0 Å². The normalized spacial score (nSPS) is 10.8. The molecule has 0 spiro atoms. The first-order valence-electron chi connectivity index (χ1n) is 5.57. The van der Waals surface area contributed by atoms with Crippen LogP contribution in [0, 0.1) is 5.82 Å². The third-order valence-electron chi connectivity index (χ3n) is 2.54. The average Bonchev–Trinajstić information content (AvgIpc) is 2.29. The summed E-state index contributed by atoms with van der Waals surface area (Å²) < 4.78 is 18.4. The Hall–Kier alpha value is -1.29. The summed E-state index contributed by atoms with van der Waals surface area (Å²) in [4.78, 5) is 2.23. The number of likely N-dealkylation sites (N-methyl/N-ethyl adjacent to an activating group) is 1. The van der Waals surface area contributed by atoms with Crippen molar-refractivity contribution in [2.45, 2.75) is 13.8 Å². The molecule has 16 heavy (non-hydrogen) atoms. The molecule has 0 bridgehead atoms. The molecule has 2 N–H and O–H groups in total. The number of halogens is 1. The summed E-state index contributed by atoms with van der Waals surface area (Å²) >= 11 is 0. The van der Waals surface area contributed by atoms with Crippen LogP contribution in [-0.2, 0) is 0 Å². The number of benzene rings is 1. The number of nitrogens with two attached hydrogens (primary N) is 1. The molecule has 0 unspecified atom stereocenters. The summed E-state index contributed by atoms with van der Waals surface area (Å²) in [6.45, 7) is 7.51. The van der Waals surface area contributed by atoms with Crippen LogP contribution in [0.3, 0.4) is 0 Å². The van der Waals surface area contributed by atoms with Gasteiger partial charge in [-0.2, -0.15) is 0 Å². The second-order valence-electron chi connectivity index (χ2n) is 3.56. The highest BCUT2D eigenvalue weighted by atomic mass is 19.1. The van der Waals surface area contributed by atoms with Crippen molar-refractivity contribution in [3.8, 4) is 5.75 Å². The highest BCUT2D eigenvalue weighted by Crippen LogP contribution is 2.21. The van der Waals surface area contributed by atoms with Crippen molar-refractivity contribution >= 4 is 5.69 Å². The van der Waals surface area contributed by atoms with Gasteiger partial charge in [-0.3, -0.25) is 0 Å². The zero-order valence-electron chi connectivity index (χ0n) is 9.87. The molecule has 3 nitrogen and oxygen atoms in total. The minimum atomic E-state index is -0.327. The summed E-state index contributed by atoms with van der Waals surface area (Å²) in [5, 5.41) is 0. The summed E-state index contributed by atoms with van der Waals surface area (Å²) in [6, 6.07) is 4.16. The van der Waals surface area contributed by atoms with Gasteiger partial charge in [0.1, 0.15) is 18.2 Å². The molecule has 4 heteroatoms. The van der Waals surface area contributed by atoms with Gasteiger partial charge in [0, 0.05) is 12.6 Å². The summed E-state index contributed by atoms with van der Waals surface area (Å²) in [5.74, 6) is 0.0965. The monoisotopic (exact) mass is 226 g/mol. The minimum absolute atomic E-state index is 0.327. The van der Waals surface area contributed by atoms with E-state index >= 15 is 0 Å². The van der Waals surface area contributed by atoms with E-state index in [-0.39, 0.29) is 5.82 Å². The van der Waals surface area contributed by atoms with Crippen molar-refractivity contribution in [2.75, 3.05) is 32.0 Å². The van der Waals surface area contributed by atoms with E-state index in [0.717, 1.165) is 19.6 Å². The maximum absolute atomic E-state index is 12.9. The van der Waals surface area contributed by atoms with Gasteiger partial charge in [0.2, 0.25) is 0 Å². The van der Waals surface area contributed by atoms with Crippen molar-refractivity contribution in [1.29, 1.82) is 0 Å². The predicted octanol–water partition coefficient (Wildman–Crippen LogP) is 2.13. The van der Waals surface area contributed by atoms with Gasteiger partial charge in [0.15, 0.2) is 0 Å². The van der Waals surface area contributed by atoms with E-state index in [1.165, 1.54) is 18.2 Å². The Bertz CT molecular complexity index is 327. The fraction of sp³-hybridized carbons (Fsp3) is 0.500. The Kier molecular flexibility index (Phi) is 5.05. The van der Waals surface area contributed by atoms with Crippen LogP contribution in [0.2, 0.25) is 0 Å². The molecule has 90 valence electrons. The zero-order valence-corrected chi connectivity index (χ0v) is 9.87. The van der Waals surface area contributed by atoms with Crippen LogP contribution in [0.4, 0.5) is 10.1 Å². The fourth-order valence-electron chi connectivity index (χ4n) is 1.46. The molecule has 0 saturated carbocycles. The first-order valence-corrected chi connectivity index (χ1v) is 5.57. The van der Waals surface area contributed by atoms with Crippen LogP contribution in [-0.4, -0.2) is 31.1 Å². The van der Waals surface area contributed by atoms with Gasteiger partial charge in [0.25, 0.3) is 0 Å². The van der Waals surface area contributed by atoms with E-state index in [9.17, 15) is 4.39 Å². The van der Waals surface area contributed by atoms with E-state index in [1.807, 2.05) is 0 Å². The lowest BCUT2D eigenvalue weighted by atomic mass is 10.3. The first kappa shape index (κ1) is 12.8. The zero-order chi connectivity index (χ0) is 12.0. The van der Waals surface area contributed by atoms with E-state index in [4.69, 9.17) is 10.5 Å². The van der Waals surface area contributed by atoms with Crippen LogP contribution in [0.1, 0.15) is 13.8 Å². The van der Waals surface area contributed by atoms with Crippen LogP contribution in [0.15, 0.2) is 18.2 Å². The van der Waals surface area contributed by atoms with Crippen molar-refractivity contribution < 1.29 is 9.13 Å². The number of ether oxygens (including phenoxy) is 1. The Morgan fingerprint density at radius 2 is 2.00 bits per heavy atom. The molecule has 0 aromatic heterocycles. The van der Waals surface area contributed by atoms with E-state index < -0.39 is 0 Å². The van der Waals surface area contributed by atoms with Gasteiger partial charge in [-0.25, -0.2) is 4.39 Å². The molecule has 0 fully saturated rings. The molecular formula is C12H19FN2O. The highest BCUT2D eigenvalue weighted by molar-refractivity contribution is 5.52. The van der Waals surface area contributed by atoms with Crippen molar-refractivity contribution in [3.63, 3.8) is 0 Å². The number of hydrogen-bond acceptors (Lipinski definition) is 3. The molecule has 0 radical (unpaired) electrons. The molecule has 0 aliphatic rings. The van der Waals surface area contributed by atoms with Crippen LogP contribution >= 0.6 is 0 Å². The topological polar surface area (TPSA) is 38.5 Å². The minimum Gasteiger partial charge on any atom is -0.490 e. The Balaban J connectivity index is 2.45. The first-order chi connectivity index (χ1) is 7.67. The summed E-state index contributed by atoms with van der Waals surface area (Å²) in [6.07, 6.45) is 0. The Morgan fingerprint density at radius 1 is 1.31 bits per heavy atom. The maximum Gasteiger partial charge on any atom is 0.145 e. The predicted molar refractivity (Wildman–Crippen MR) is 64.1 cm³/mol. The fourth-order valence-corrected chi connectivity index (χ4v) is 1.46. The molecule has 0 amide bonds. The number of nitrogens with zero attached hydrogens (tertiary/aromatic N) is 1. The third kappa shape index (κ3) is 3.70. The van der Waals surface area contributed by atoms with Crippen LogP contribution < -0.4 is 10.5 Å². The van der Waals surface area contributed by atoms with Crippen molar-refractivity contribution in [1.82, 2.24) is 4.90 Å². The molecule has 0 saturated heterocycles. The number of hydrogen-bond donors (Lipinski definition) is 1. The van der Waals surface area contributed by atoms with E-state index in [2.05, 4.69) is 18.7 Å². The van der Waals surface area contributed by atoms with Crippen molar-refractivity contribution in [3.05, 3.63) is 24.0 Å². The summed E-state index contributed by atoms with van der Waals surface area (Å²) in [5.41, 5.74) is 6.14. The standard InChI is InChI=1S/C12H19FN2O/c1-3-15(4-2)7-8-16-12-9-10(13)5-6-11(12)14/h5-6,9H,3-4,7-8,14H2,1-2H3. The molecule has 1 aromatic carbocycles. The van der Waals surface area contributed by atoms with Gasteiger partial charge in [-0.05, 0) is 25.2 Å². The SMILES string of the molecule is CCN(CC)CCOc1cc(F)ccc1N. The smallest absolute Gasteiger partial charge is 0.145 e. The quantitative estimate of drug-likeness (QED) is 0.755. The molecule has 1 aromatic rings. The lowest BCUT2D eigenvalue weighted by molar-refractivity contribution is 0.223. The molecule has 0 aliphatic heterocycles. The number of rotatable bonds is 6. The average molecular weight is 226 g/mol. The number of nitrogen functional groups attached to an aromatic ring is 1. The summed E-state index contributed by atoms with van der Waals surface area (Å²) in [7, 11) is 0. The second kappa shape index (κ2) is 6.33. The molecular weight excluding hydrogens is 207 g/mol. The highest BCUT2D eigenvalue weighted by Gasteiger charge is 2.03. The van der Waals surface area contributed by atoms with Crippen molar-refractivity contribution in [2.24, 2.45) is 0 Å². The Labute approximate surface area is 96.0 Å². The number of anilines is 1. The third-order valence-corrected chi connectivity index (χ3v) is 2.54. The second-order valence-corrected chi connectivity index (χ2v) is 3.56. The molecule has 1 rings (SSSR count). The van der Waals surface area contributed by atoms with E-state index in [0.29, 0.717) is 18.0 Å². The van der Waals surface area contributed by atoms with Gasteiger partial charge >= 0.3 is 0 Å². The van der Waals surface area contributed by atoms with Crippen LogP contribution in [0.5, 0.6) is 5.75 Å². The van der Waals surface area contributed by atoms with Gasteiger partial charge in [-0.1, -0.05) is 13.8 Å². The van der Waals surface area contributed by atoms with Crippen LogP contribution in [0.25, 0.3) is 0 Å². The van der Waals surface area contributed by atoms with E-state index in [1.54, 1.807) is 0 Å². The molecule has 0 aliphatic carbocycles. The maximum atomic E-state index is 12.9. The molecule has 0 atom stereocenters. The van der Waals surface area contributed by atoms with Gasteiger partial charge in [0.05, 0.1) is 5.69 Å². The lowest BCUT2D eigenvalue weighted by Crippen LogP contribution is -2.28. The Morgan fingerprint density at radius 3 is 2.62 bits per heavy atom. The molecule has 0 heterocycles.